The van der Waals surface area contributed by atoms with Crippen molar-refractivity contribution in [3.8, 4) is 5.75 Å². The van der Waals surface area contributed by atoms with Crippen molar-refractivity contribution in [2.75, 3.05) is 12.3 Å². The SMILES string of the molecule is CCCNC(CSC(C)C)c1cccc(OC(F)(F)F)c1. The number of halogens is 3. The molecule has 0 aromatic heterocycles. The van der Waals surface area contributed by atoms with Crippen molar-refractivity contribution in [1.29, 1.82) is 0 Å². The van der Waals surface area contributed by atoms with Gasteiger partial charge in [0.1, 0.15) is 5.75 Å². The van der Waals surface area contributed by atoms with Gasteiger partial charge in [-0.3, -0.25) is 0 Å². The van der Waals surface area contributed by atoms with E-state index < -0.39 is 6.36 Å². The summed E-state index contributed by atoms with van der Waals surface area (Å²) >= 11 is 1.78. The van der Waals surface area contributed by atoms with E-state index >= 15 is 0 Å². The Balaban J connectivity index is 2.82. The Hall–Kier alpha value is -0.880. The number of benzene rings is 1. The molecule has 0 radical (unpaired) electrons. The van der Waals surface area contributed by atoms with E-state index in [1.165, 1.54) is 12.1 Å². The van der Waals surface area contributed by atoms with E-state index in [2.05, 4.69) is 30.8 Å². The highest BCUT2D eigenvalue weighted by Gasteiger charge is 2.31. The van der Waals surface area contributed by atoms with E-state index in [0.717, 1.165) is 24.3 Å². The van der Waals surface area contributed by atoms with Gasteiger partial charge >= 0.3 is 6.36 Å². The van der Waals surface area contributed by atoms with Gasteiger partial charge in [0.05, 0.1) is 0 Å². The maximum absolute atomic E-state index is 12.3. The van der Waals surface area contributed by atoms with Gasteiger partial charge < -0.3 is 10.1 Å². The molecule has 1 aromatic rings. The zero-order valence-corrected chi connectivity index (χ0v) is 13.4. The molecule has 120 valence electrons. The Kier molecular flexibility index (Phi) is 7.39. The number of hydrogen-bond acceptors (Lipinski definition) is 3. The lowest BCUT2D eigenvalue weighted by Crippen LogP contribution is -2.25. The first kappa shape index (κ1) is 18.2. The van der Waals surface area contributed by atoms with E-state index in [4.69, 9.17) is 0 Å². The number of thioether (sulfide) groups is 1. The average Bonchev–Trinajstić information content (AvgIpc) is 2.37. The topological polar surface area (TPSA) is 21.3 Å². The second-order valence-corrected chi connectivity index (χ2v) is 6.62. The zero-order chi connectivity index (χ0) is 15.9. The Morgan fingerprint density at radius 3 is 2.57 bits per heavy atom. The highest BCUT2D eigenvalue weighted by atomic mass is 32.2. The Labute approximate surface area is 128 Å². The maximum Gasteiger partial charge on any atom is 0.573 e. The van der Waals surface area contributed by atoms with Gasteiger partial charge in [0.25, 0.3) is 0 Å². The van der Waals surface area contributed by atoms with Crippen LogP contribution in [0.4, 0.5) is 13.2 Å². The Morgan fingerprint density at radius 2 is 2.00 bits per heavy atom. The summed E-state index contributed by atoms with van der Waals surface area (Å²) in [5, 5.41) is 3.85. The summed E-state index contributed by atoms with van der Waals surface area (Å²) < 4.78 is 40.9. The van der Waals surface area contributed by atoms with Crippen LogP contribution < -0.4 is 10.1 Å². The normalized spacial score (nSPS) is 13.5. The summed E-state index contributed by atoms with van der Waals surface area (Å²) in [6.45, 7) is 7.09. The van der Waals surface area contributed by atoms with Crippen LogP contribution in [-0.2, 0) is 0 Å². The van der Waals surface area contributed by atoms with Crippen molar-refractivity contribution in [3.05, 3.63) is 29.8 Å². The first-order valence-corrected chi connectivity index (χ1v) is 8.07. The van der Waals surface area contributed by atoms with Crippen LogP contribution in [0.1, 0.15) is 38.8 Å². The van der Waals surface area contributed by atoms with Gasteiger partial charge in [0.15, 0.2) is 0 Å². The van der Waals surface area contributed by atoms with E-state index in [0.29, 0.717) is 5.25 Å². The number of ether oxygens (including phenoxy) is 1. The van der Waals surface area contributed by atoms with Crippen LogP contribution in [0.25, 0.3) is 0 Å². The Bertz CT molecular complexity index is 424. The van der Waals surface area contributed by atoms with Crippen molar-refractivity contribution < 1.29 is 17.9 Å². The van der Waals surface area contributed by atoms with Gasteiger partial charge in [-0.05, 0) is 35.9 Å². The fraction of sp³-hybridized carbons (Fsp3) is 0.600. The molecule has 0 bridgehead atoms. The first-order chi connectivity index (χ1) is 9.81. The van der Waals surface area contributed by atoms with Crippen LogP contribution in [0.3, 0.4) is 0 Å². The highest BCUT2D eigenvalue weighted by molar-refractivity contribution is 7.99. The van der Waals surface area contributed by atoms with Crippen LogP contribution >= 0.6 is 11.8 Å². The second-order valence-electron chi connectivity index (χ2n) is 5.01. The lowest BCUT2D eigenvalue weighted by Gasteiger charge is -2.20. The molecule has 0 saturated heterocycles. The van der Waals surface area contributed by atoms with E-state index in [9.17, 15) is 13.2 Å². The van der Waals surface area contributed by atoms with Crippen molar-refractivity contribution in [1.82, 2.24) is 5.32 Å². The molecule has 0 fully saturated rings. The number of nitrogens with one attached hydrogen (secondary N) is 1. The molecule has 0 spiro atoms. The molecule has 1 rings (SSSR count). The average molecular weight is 321 g/mol. The van der Waals surface area contributed by atoms with Crippen molar-refractivity contribution in [2.24, 2.45) is 0 Å². The van der Waals surface area contributed by atoms with E-state index in [1.807, 2.05) is 6.07 Å². The third kappa shape index (κ3) is 7.62. The van der Waals surface area contributed by atoms with Crippen LogP contribution in [-0.4, -0.2) is 23.9 Å². The Morgan fingerprint density at radius 1 is 1.29 bits per heavy atom. The first-order valence-electron chi connectivity index (χ1n) is 7.02. The molecule has 1 unspecified atom stereocenters. The van der Waals surface area contributed by atoms with Gasteiger partial charge in [-0.2, -0.15) is 11.8 Å². The molecule has 1 aromatic carbocycles. The van der Waals surface area contributed by atoms with Gasteiger partial charge in [-0.1, -0.05) is 32.9 Å². The number of hydrogen-bond donors (Lipinski definition) is 1. The monoisotopic (exact) mass is 321 g/mol. The molecule has 0 aliphatic rings. The molecule has 0 saturated carbocycles. The quantitative estimate of drug-likeness (QED) is 0.745. The maximum atomic E-state index is 12.3. The summed E-state index contributed by atoms with van der Waals surface area (Å²) in [6.07, 6.45) is -3.68. The largest absolute Gasteiger partial charge is 0.573 e. The smallest absolute Gasteiger partial charge is 0.406 e. The molecule has 6 heteroatoms. The predicted octanol–water partition coefficient (Wildman–Crippen LogP) is 4.77. The molecule has 21 heavy (non-hydrogen) atoms. The molecular weight excluding hydrogens is 299 g/mol. The van der Waals surface area contributed by atoms with E-state index in [1.54, 1.807) is 17.8 Å². The zero-order valence-electron chi connectivity index (χ0n) is 12.5. The molecule has 1 atom stereocenters. The lowest BCUT2D eigenvalue weighted by molar-refractivity contribution is -0.274. The van der Waals surface area contributed by atoms with Gasteiger partial charge in [-0.15, -0.1) is 13.2 Å². The molecule has 0 heterocycles. The highest BCUT2D eigenvalue weighted by Crippen LogP contribution is 2.27. The third-order valence-corrected chi connectivity index (χ3v) is 3.92. The number of alkyl halides is 3. The van der Waals surface area contributed by atoms with Gasteiger partial charge in [-0.25, -0.2) is 0 Å². The molecule has 0 aliphatic carbocycles. The molecule has 0 aliphatic heterocycles. The molecule has 0 amide bonds. The lowest BCUT2D eigenvalue weighted by atomic mass is 10.1. The standard InChI is InChI=1S/C15H22F3NOS/c1-4-8-19-14(10-21-11(2)3)12-6-5-7-13(9-12)20-15(16,17)18/h5-7,9,11,14,19H,4,8,10H2,1-3H3. The minimum atomic E-state index is -4.66. The fourth-order valence-electron chi connectivity index (χ4n) is 1.81. The molecule has 1 N–H and O–H groups in total. The van der Waals surface area contributed by atoms with Crippen LogP contribution in [0.2, 0.25) is 0 Å². The van der Waals surface area contributed by atoms with E-state index in [-0.39, 0.29) is 11.8 Å². The van der Waals surface area contributed by atoms with Crippen LogP contribution in [0.5, 0.6) is 5.75 Å². The van der Waals surface area contributed by atoms with Gasteiger partial charge in [0.2, 0.25) is 0 Å². The molecular formula is C15H22F3NOS. The summed E-state index contributed by atoms with van der Waals surface area (Å²) in [4.78, 5) is 0. The summed E-state index contributed by atoms with van der Waals surface area (Å²) in [5.41, 5.74) is 0.818. The molecule has 2 nitrogen and oxygen atoms in total. The summed E-state index contributed by atoms with van der Waals surface area (Å²) in [5.74, 6) is 0.644. The van der Waals surface area contributed by atoms with Crippen LogP contribution in [0.15, 0.2) is 24.3 Å². The number of rotatable bonds is 8. The van der Waals surface area contributed by atoms with Crippen molar-refractivity contribution in [2.45, 2.75) is 44.8 Å². The second kappa shape index (κ2) is 8.54. The minimum absolute atomic E-state index is 0.0223. The summed E-state index contributed by atoms with van der Waals surface area (Å²) in [7, 11) is 0. The fourth-order valence-corrected chi connectivity index (χ4v) is 2.70. The van der Waals surface area contributed by atoms with Crippen LogP contribution in [0, 0.1) is 0 Å². The third-order valence-electron chi connectivity index (χ3n) is 2.73. The minimum Gasteiger partial charge on any atom is -0.406 e. The van der Waals surface area contributed by atoms with Gasteiger partial charge in [0, 0.05) is 11.8 Å². The predicted molar refractivity (Wildman–Crippen MR) is 81.8 cm³/mol. The van der Waals surface area contributed by atoms with Crippen molar-refractivity contribution >= 4 is 11.8 Å². The summed E-state index contributed by atoms with van der Waals surface area (Å²) in [6, 6.07) is 6.23. The van der Waals surface area contributed by atoms with Crippen molar-refractivity contribution in [3.63, 3.8) is 0 Å².